The maximum atomic E-state index is 12.5. The van der Waals surface area contributed by atoms with Crippen molar-refractivity contribution < 1.29 is 19.4 Å². The predicted molar refractivity (Wildman–Crippen MR) is 111 cm³/mol. The van der Waals surface area contributed by atoms with Gasteiger partial charge in [-0.3, -0.25) is 9.59 Å². The number of rotatable bonds is 7. The number of allylic oxidation sites excluding steroid dienone is 1. The molecule has 7 nitrogen and oxygen atoms in total. The Balaban J connectivity index is 1.41. The van der Waals surface area contributed by atoms with Crippen LogP contribution in [-0.2, 0) is 23.2 Å². The first-order valence-corrected chi connectivity index (χ1v) is 11.4. The molecule has 0 saturated carbocycles. The molecule has 4 heterocycles. The highest BCUT2D eigenvalue weighted by Gasteiger charge is 2.59. The lowest BCUT2D eigenvalue weighted by atomic mass is 9.79. The van der Waals surface area contributed by atoms with Gasteiger partial charge in [0.15, 0.2) is 13.2 Å². The van der Waals surface area contributed by atoms with Crippen molar-refractivity contribution >= 4 is 34.5 Å². The number of aliphatic hydroxyl groups excluding tert-OH is 1. The van der Waals surface area contributed by atoms with Crippen LogP contribution in [0, 0.1) is 11.8 Å². The molecule has 0 aliphatic carbocycles. The molecule has 158 valence electrons. The molecule has 2 fully saturated rings. The molecule has 3 aliphatic heterocycles. The van der Waals surface area contributed by atoms with Gasteiger partial charge in [-0.2, -0.15) is 4.68 Å². The van der Waals surface area contributed by atoms with Crippen molar-refractivity contribution in [1.29, 1.82) is 0 Å². The Morgan fingerprint density at radius 2 is 2.28 bits per heavy atom. The lowest BCUT2D eigenvalue weighted by Crippen LogP contribution is -2.63. The lowest BCUT2D eigenvalue weighted by Gasteiger charge is -2.46. The predicted octanol–water partition coefficient (Wildman–Crippen LogP) is 1.00. The minimum absolute atomic E-state index is 0.00738. The maximum absolute atomic E-state index is 12.5. The van der Waals surface area contributed by atoms with E-state index in [1.807, 2.05) is 26.2 Å². The Hall–Kier alpha value is -1.35. The van der Waals surface area contributed by atoms with Crippen molar-refractivity contribution in [2.75, 3.05) is 6.54 Å². The Morgan fingerprint density at radius 1 is 1.52 bits per heavy atom. The van der Waals surface area contributed by atoms with Crippen molar-refractivity contribution in [3.63, 3.8) is 0 Å². The van der Waals surface area contributed by atoms with Gasteiger partial charge in [0.1, 0.15) is 5.70 Å². The van der Waals surface area contributed by atoms with Crippen molar-refractivity contribution in [1.82, 2.24) is 14.9 Å². The molecule has 1 amide bonds. The van der Waals surface area contributed by atoms with Gasteiger partial charge < -0.3 is 15.3 Å². The number of carbonyl (C=O) groups excluding carboxylic acids is 2. The summed E-state index contributed by atoms with van der Waals surface area (Å²) in [6.07, 6.45) is 5.42. The van der Waals surface area contributed by atoms with E-state index in [-0.39, 0.29) is 17.9 Å². The summed E-state index contributed by atoms with van der Waals surface area (Å²) in [5.74, 6) is -0.641. The van der Waals surface area contributed by atoms with E-state index in [2.05, 4.69) is 20.9 Å². The summed E-state index contributed by atoms with van der Waals surface area (Å²) in [6.45, 7) is 5.48. The van der Waals surface area contributed by atoms with Crippen molar-refractivity contribution in [2.45, 2.75) is 56.7 Å². The SMILES string of the molecule is C[C@@H](O)[C@H]1C(=O)N2C(C(=O)Cl)=C(S[C@@H]3CN[C@H](CCn4ccc[n+]4C)C3)[C@H](C)[C@H]12. The second-order valence-corrected chi connectivity index (χ2v) is 10.0. The number of aliphatic hydroxyl groups is 1. The topological polar surface area (TPSA) is 78.4 Å². The molecule has 0 bridgehead atoms. The molecule has 6 atom stereocenters. The summed E-state index contributed by atoms with van der Waals surface area (Å²) in [5.41, 5.74) is 0.332. The fourth-order valence-corrected chi connectivity index (χ4v) is 6.68. The number of aromatic nitrogens is 2. The standard InChI is InChI=1S/C20H28ClN4O3S/c1-11-16-15(12(2)26)20(28)25(16)17(19(21)27)18(11)29-14-9-13(22-10-14)5-8-24-7-4-6-23(24)3/h4,6-7,11-16,22,26H,5,8-10H2,1-3H3/q+1/t11-,12-,13-,14+,15-,16-/m1/s1. The average molecular weight is 440 g/mol. The molecular weight excluding hydrogens is 412 g/mol. The van der Waals surface area contributed by atoms with Crippen LogP contribution in [0.2, 0.25) is 0 Å². The molecule has 1 aromatic rings. The smallest absolute Gasteiger partial charge is 0.269 e. The van der Waals surface area contributed by atoms with Crippen LogP contribution in [0.4, 0.5) is 0 Å². The number of halogens is 1. The van der Waals surface area contributed by atoms with Gasteiger partial charge in [-0.15, -0.1) is 16.4 Å². The van der Waals surface area contributed by atoms with Crippen molar-refractivity contribution in [3.05, 3.63) is 29.1 Å². The third-order valence-corrected chi connectivity index (χ3v) is 8.13. The third-order valence-electron chi connectivity index (χ3n) is 6.44. The zero-order chi connectivity index (χ0) is 20.9. The molecule has 9 heteroatoms. The maximum Gasteiger partial charge on any atom is 0.269 e. The van der Waals surface area contributed by atoms with Crippen LogP contribution in [0.3, 0.4) is 0 Å². The van der Waals surface area contributed by atoms with E-state index in [9.17, 15) is 14.7 Å². The van der Waals surface area contributed by atoms with Gasteiger partial charge in [-0.25, -0.2) is 0 Å². The molecule has 2 N–H and O–H groups in total. The number of aryl methyl sites for hydroxylation is 2. The largest absolute Gasteiger partial charge is 0.393 e. The number of carbonyl (C=O) groups is 2. The van der Waals surface area contributed by atoms with Gasteiger partial charge in [-0.05, 0) is 31.4 Å². The van der Waals surface area contributed by atoms with Crippen LogP contribution < -0.4 is 10.00 Å². The van der Waals surface area contributed by atoms with Crippen LogP contribution >= 0.6 is 23.4 Å². The molecule has 3 aliphatic rings. The van der Waals surface area contributed by atoms with Gasteiger partial charge in [0, 0.05) is 34.7 Å². The highest BCUT2D eigenvalue weighted by molar-refractivity contribution is 8.03. The van der Waals surface area contributed by atoms with E-state index in [1.165, 1.54) is 4.90 Å². The van der Waals surface area contributed by atoms with E-state index < -0.39 is 17.3 Å². The van der Waals surface area contributed by atoms with Crippen molar-refractivity contribution in [3.8, 4) is 0 Å². The number of nitrogens with zero attached hydrogens (tertiary/aromatic N) is 3. The molecule has 4 rings (SSSR count). The van der Waals surface area contributed by atoms with E-state index in [4.69, 9.17) is 11.6 Å². The van der Waals surface area contributed by atoms with E-state index >= 15 is 0 Å². The van der Waals surface area contributed by atoms with Gasteiger partial charge in [0.2, 0.25) is 5.91 Å². The van der Waals surface area contributed by atoms with Gasteiger partial charge in [0.05, 0.1) is 30.8 Å². The normalized spacial score (nSPS) is 32.5. The fourth-order valence-electron chi connectivity index (χ4n) is 4.91. The number of thioether (sulfide) groups is 1. The number of fused-ring (bicyclic) bond motifs is 1. The van der Waals surface area contributed by atoms with Gasteiger partial charge in [-0.1, -0.05) is 6.92 Å². The quantitative estimate of drug-likeness (QED) is 0.376. The number of nitrogens with one attached hydrogen (secondary N) is 1. The number of amides is 1. The second kappa shape index (κ2) is 8.06. The second-order valence-electron chi connectivity index (χ2n) is 8.34. The molecule has 0 radical (unpaired) electrons. The van der Waals surface area contributed by atoms with Crippen molar-refractivity contribution in [2.24, 2.45) is 18.9 Å². The Morgan fingerprint density at radius 3 is 2.90 bits per heavy atom. The Bertz CT molecular complexity index is 855. The first-order valence-electron chi connectivity index (χ1n) is 10.2. The summed E-state index contributed by atoms with van der Waals surface area (Å²) < 4.78 is 4.26. The zero-order valence-corrected chi connectivity index (χ0v) is 18.5. The lowest BCUT2D eigenvalue weighted by molar-refractivity contribution is -0.753. The minimum atomic E-state index is -0.727. The average Bonchev–Trinajstić information content (AvgIpc) is 3.32. The summed E-state index contributed by atoms with van der Waals surface area (Å²) in [4.78, 5) is 27.1. The van der Waals surface area contributed by atoms with Gasteiger partial charge in [0.25, 0.3) is 5.24 Å². The van der Waals surface area contributed by atoms with E-state index in [1.54, 1.807) is 18.7 Å². The third kappa shape index (κ3) is 3.65. The van der Waals surface area contributed by atoms with Crippen LogP contribution in [0.5, 0.6) is 0 Å². The molecule has 1 aromatic heterocycles. The first-order chi connectivity index (χ1) is 13.8. The van der Waals surface area contributed by atoms with E-state index in [0.717, 1.165) is 30.8 Å². The zero-order valence-electron chi connectivity index (χ0n) is 16.9. The number of β-lactam (4-membered cyclic amide) rings is 1. The number of hydrogen-bond donors (Lipinski definition) is 2. The molecule has 2 saturated heterocycles. The summed E-state index contributed by atoms with van der Waals surface area (Å²) >= 11 is 7.56. The molecule has 0 spiro atoms. The van der Waals surface area contributed by atoms with Crippen LogP contribution in [0.25, 0.3) is 0 Å². The van der Waals surface area contributed by atoms with E-state index in [0.29, 0.717) is 17.0 Å². The number of hydrogen-bond acceptors (Lipinski definition) is 5. The molecule has 0 aromatic carbocycles. The van der Waals surface area contributed by atoms with Crippen LogP contribution in [0.1, 0.15) is 26.7 Å². The monoisotopic (exact) mass is 439 g/mol. The highest BCUT2D eigenvalue weighted by atomic mass is 35.5. The molecular formula is C20H28ClN4O3S+. The minimum Gasteiger partial charge on any atom is -0.393 e. The van der Waals surface area contributed by atoms with Crippen LogP contribution in [0.15, 0.2) is 29.1 Å². The highest BCUT2D eigenvalue weighted by Crippen LogP contribution is 2.52. The van der Waals surface area contributed by atoms with Crippen LogP contribution in [-0.4, -0.2) is 55.8 Å². The first kappa shape index (κ1) is 20.9. The molecule has 0 unspecified atom stereocenters. The molecule has 29 heavy (non-hydrogen) atoms. The fraction of sp³-hybridized carbons (Fsp3) is 0.650. The Labute approximate surface area is 180 Å². The summed E-state index contributed by atoms with van der Waals surface area (Å²) in [6, 6.07) is 2.29. The van der Waals surface area contributed by atoms with Gasteiger partial charge >= 0.3 is 0 Å². The summed E-state index contributed by atoms with van der Waals surface area (Å²) in [7, 11) is 2.03. The Kier molecular flexibility index (Phi) is 5.81. The summed E-state index contributed by atoms with van der Waals surface area (Å²) in [5, 5.41) is 13.3.